The first kappa shape index (κ1) is 17.7. The lowest BCUT2D eigenvalue weighted by atomic mass is 10.2. The Hall–Kier alpha value is -1.29. The van der Waals surface area contributed by atoms with Crippen molar-refractivity contribution in [3.05, 3.63) is 24.3 Å². The first-order valence-corrected chi connectivity index (χ1v) is 7.34. The van der Waals surface area contributed by atoms with E-state index in [-0.39, 0.29) is 4.90 Å². The molecule has 1 rings (SSSR count). The van der Waals surface area contributed by atoms with Crippen LogP contribution in [0.2, 0.25) is 0 Å². The van der Waals surface area contributed by atoms with E-state index in [4.69, 9.17) is 21.7 Å². The Kier molecular flexibility index (Phi) is 7.45. The van der Waals surface area contributed by atoms with Gasteiger partial charge in [-0.25, -0.2) is 13.6 Å². The molecule has 0 radical (unpaired) electrons. The lowest BCUT2D eigenvalue weighted by Crippen LogP contribution is -2.30. The van der Waals surface area contributed by atoms with Gasteiger partial charge in [0.1, 0.15) is 6.04 Å². The maximum absolute atomic E-state index is 10.7. The maximum atomic E-state index is 10.7. The molecule has 1 aromatic carbocycles. The average molecular weight is 307 g/mol. The lowest BCUT2D eigenvalue weighted by Gasteiger charge is -2.00. The van der Waals surface area contributed by atoms with Crippen molar-refractivity contribution in [1.29, 1.82) is 0 Å². The van der Waals surface area contributed by atoms with Gasteiger partial charge in [-0.2, -0.15) is 12.6 Å². The molecule has 0 saturated carbocycles. The third-order valence-electron chi connectivity index (χ3n) is 1.97. The number of carboxylic acid groups (broad SMARTS) is 1. The molecule has 0 spiro atoms. The van der Waals surface area contributed by atoms with E-state index in [1.165, 1.54) is 24.3 Å². The van der Waals surface area contributed by atoms with Crippen molar-refractivity contribution in [3.63, 3.8) is 0 Å². The molecule has 1 atom stereocenters. The Morgan fingerprint density at radius 1 is 1.32 bits per heavy atom. The molecule has 0 bridgehead atoms. The number of benzene rings is 1. The lowest BCUT2D eigenvalue weighted by molar-refractivity contribution is -0.138. The zero-order valence-electron chi connectivity index (χ0n) is 10.1. The van der Waals surface area contributed by atoms with Gasteiger partial charge in [0.05, 0.1) is 4.90 Å². The molecule has 0 amide bonds. The van der Waals surface area contributed by atoms with Gasteiger partial charge in [-0.05, 0) is 36.4 Å². The number of carbonyl (C=O) groups is 1. The largest absolute Gasteiger partial charge is 0.480 e. The number of rotatable bonds is 4. The molecular weight excluding hydrogens is 290 g/mol. The molecule has 0 aromatic heterocycles. The highest BCUT2D eigenvalue weighted by Crippen LogP contribution is 2.08. The molecule has 0 aliphatic heterocycles. The van der Waals surface area contributed by atoms with Crippen molar-refractivity contribution in [2.24, 2.45) is 10.9 Å². The summed E-state index contributed by atoms with van der Waals surface area (Å²) in [5.74, 6) is -0.438. The first-order valence-electron chi connectivity index (χ1n) is 5.16. The topological polar surface area (TPSA) is 150 Å². The predicted molar refractivity (Wildman–Crippen MR) is 76.3 cm³/mol. The number of hydrogen-bond donors (Lipinski definition) is 5. The van der Waals surface area contributed by atoms with Crippen molar-refractivity contribution >= 4 is 34.3 Å². The Labute approximate surface area is 117 Å². The van der Waals surface area contributed by atoms with Crippen LogP contribution in [-0.2, 0) is 14.8 Å². The highest BCUT2D eigenvalue weighted by Gasteiger charge is 2.08. The first-order chi connectivity index (χ1) is 8.68. The third kappa shape index (κ3) is 7.67. The number of anilines is 1. The molecule has 0 fully saturated rings. The summed E-state index contributed by atoms with van der Waals surface area (Å²) < 4.78 is 21.4. The van der Waals surface area contributed by atoms with Gasteiger partial charge in [-0.3, -0.25) is 4.79 Å². The van der Waals surface area contributed by atoms with Crippen LogP contribution in [0.15, 0.2) is 29.2 Å². The Morgan fingerprint density at radius 3 is 2.05 bits per heavy atom. The van der Waals surface area contributed by atoms with E-state index in [0.717, 1.165) is 0 Å². The monoisotopic (exact) mass is 307 g/mol. The van der Waals surface area contributed by atoms with Crippen LogP contribution < -0.4 is 16.6 Å². The number of primary sulfonamides is 1. The van der Waals surface area contributed by atoms with Crippen molar-refractivity contribution in [2.75, 3.05) is 11.5 Å². The number of sulfonamides is 1. The molecular formula is C10H17N3O4S2. The van der Waals surface area contributed by atoms with Crippen LogP contribution in [0.4, 0.5) is 5.69 Å². The van der Waals surface area contributed by atoms with Crippen LogP contribution in [0, 0.1) is 0 Å². The number of aliphatic carboxylic acids is 1. The zero-order chi connectivity index (χ0) is 15.1. The van der Waals surface area contributed by atoms with E-state index in [9.17, 15) is 13.2 Å². The number of nitrogen functional groups attached to an aromatic ring is 1. The smallest absolute Gasteiger partial charge is 0.320 e. The molecule has 9 heteroatoms. The number of hydrogen-bond acceptors (Lipinski definition) is 6. The summed E-state index contributed by atoms with van der Waals surface area (Å²) in [7, 11) is -3.58. The third-order valence-corrected chi connectivity index (χ3v) is 3.15. The van der Waals surface area contributed by atoms with Gasteiger partial charge in [0.2, 0.25) is 10.0 Å². The molecule has 7 nitrogen and oxygen atoms in total. The molecule has 19 heavy (non-hydrogen) atoms. The summed E-state index contributed by atoms with van der Waals surface area (Å²) in [4.78, 5) is 10.0. The van der Waals surface area contributed by atoms with Gasteiger partial charge >= 0.3 is 5.97 Å². The second-order valence-electron chi connectivity index (χ2n) is 3.57. The van der Waals surface area contributed by atoms with Crippen LogP contribution in [-0.4, -0.2) is 31.3 Å². The summed E-state index contributed by atoms with van der Waals surface area (Å²) in [6.07, 6.45) is 0.429. The van der Waals surface area contributed by atoms with Crippen molar-refractivity contribution in [3.8, 4) is 0 Å². The van der Waals surface area contributed by atoms with E-state index < -0.39 is 22.0 Å². The zero-order valence-corrected chi connectivity index (χ0v) is 11.8. The molecule has 1 unspecified atom stereocenters. The van der Waals surface area contributed by atoms with E-state index >= 15 is 0 Å². The van der Waals surface area contributed by atoms with Crippen molar-refractivity contribution in [2.45, 2.75) is 17.4 Å². The summed E-state index contributed by atoms with van der Waals surface area (Å²) in [6, 6.07) is 4.96. The van der Waals surface area contributed by atoms with Crippen LogP contribution in [0.1, 0.15) is 6.42 Å². The molecule has 108 valence electrons. The average Bonchev–Trinajstić information content (AvgIpc) is 2.29. The summed E-state index contributed by atoms with van der Waals surface area (Å²) in [5, 5.41) is 13.0. The van der Waals surface area contributed by atoms with Crippen LogP contribution in [0.3, 0.4) is 0 Å². The van der Waals surface area contributed by atoms with Gasteiger partial charge in [-0.15, -0.1) is 0 Å². The summed E-state index contributed by atoms with van der Waals surface area (Å²) in [6.45, 7) is 0. The standard InChI is InChI=1S/C6H8N2O2S.C4H9NO2S/c7-5-1-3-6(4-2-5)11(8,9)10;5-3(1-2-8)4(6)7/h1-4H,7H2,(H2,8,9,10);3,8H,1-2,5H2,(H,6,7). The van der Waals surface area contributed by atoms with Gasteiger partial charge in [0.15, 0.2) is 0 Å². The van der Waals surface area contributed by atoms with Crippen molar-refractivity contribution < 1.29 is 18.3 Å². The number of thiol groups is 1. The van der Waals surface area contributed by atoms with Gasteiger partial charge in [0, 0.05) is 5.69 Å². The summed E-state index contributed by atoms with van der Waals surface area (Å²) in [5.41, 5.74) is 10.9. The normalized spacial score (nSPS) is 12.2. The van der Waals surface area contributed by atoms with E-state index in [1.54, 1.807) is 0 Å². The van der Waals surface area contributed by atoms with E-state index in [2.05, 4.69) is 12.6 Å². The van der Waals surface area contributed by atoms with Crippen LogP contribution >= 0.6 is 12.6 Å². The molecule has 7 N–H and O–H groups in total. The minimum Gasteiger partial charge on any atom is -0.480 e. The van der Waals surface area contributed by atoms with Gasteiger partial charge < -0.3 is 16.6 Å². The number of carboxylic acids is 1. The van der Waals surface area contributed by atoms with Crippen molar-refractivity contribution in [1.82, 2.24) is 0 Å². The van der Waals surface area contributed by atoms with Gasteiger partial charge in [-0.1, -0.05) is 0 Å². The Bertz CT molecular complexity index is 502. The predicted octanol–water partition coefficient (Wildman–Crippen LogP) is -0.366. The second kappa shape index (κ2) is 8.00. The fraction of sp³-hybridized carbons (Fsp3) is 0.300. The highest BCUT2D eigenvalue weighted by atomic mass is 32.2. The Morgan fingerprint density at radius 2 is 1.79 bits per heavy atom. The molecule has 1 aromatic rings. The quantitative estimate of drug-likeness (QED) is 0.378. The molecule has 0 heterocycles. The fourth-order valence-electron chi connectivity index (χ4n) is 0.920. The Balaban J connectivity index is 0.000000362. The number of nitrogens with two attached hydrogens (primary N) is 3. The SMILES string of the molecule is NC(CCS)C(=O)O.Nc1ccc(S(N)(=O)=O)cc1. The molecule has 0 aliphatic carbocycles. The van der Waals surface area contributed by atoms with Crippen LogP contribution in [0.25, 0.3) is 0 Å². The molecule has 0 saturated heterocycles. The maximum Gasteiger partial charge on any atom is 0.320 e. The van der Waals surface area contributed by atoms with E-state index in [0.29, 0.717) is 17.9 Å². The second-order valence-corrected chi connectivity index (χ2v) is 5.58. The minimum absolute atomic E-state index is 0.0756. The minimum atomic E-state index is -3.58. The fourth-order valence-corrected chi connectivity index (χ4v) is 1.71. The molecule has 0 aliphatic rings. The van der Waals surface area contributed by atoms with Crippen LogP contribution in [0.5, 0.6) is 0 Å². The van der Waals surface area contributed by atoms with E-state index in [1.807, 2.05) is 0 Å². The highest BCUT2D eigenvalue weighted by molar-refractivity contribution is 7.89. The van der Waals surface area contributed by atoms with Gasteiger partial charge in [0.25, 0.3) is 0 Å². The summed E-state index contributed by atoms with van der Waals surface area (Å²) >= 11 is 3.81.